The van der Waals surface area contributed by atoms with Crippen LogP contribution in [0, 0.1) is 5.41 Å². The van der Waals surface area contributed by atoms with Gasteiger partial charge in [-0.05, 0) is 12.8 Å². The van der Waals surface area contributed by atoms with Crippen molar-refractivity contribution in [1.82, 2.24) is 15.3 Å². The largest absolute Gasteiger partial charge is 0.384 e. The third kappa shape index (κ3) is 2.66. The van der Waals surface area contributed by atoms with E-state index >= 15 is 0 Å². The lowest BCUT2D eigenvalue weighted by Crippen LogP contribution is -2.49. The summed E-state index contributed by atoms with van der Waals surface area (Å²) in [6.45, 7) is 1.15. The van der Waals surface area contributed by atoms with Crippen LogP contribution in [-0.4, -0.2) is 36.1 Å². The van der Waals surface area contributed by atoms with Crippen molar-refractivity contribution in [1.29, 1.82) is 0 Å². The maximum atomic E-state index is 12.0. The molecular weight excluding hydrogens is 218 g/mol. The molecule has 1 saturated carbocycles. The molecule has 5 heteroatoms. The number of hydrogen-bond acceptors (Lipinski definition) is 3. The molecule has 1 fully saturated rings. The highest BCUT2D eigenvalue weighted by molar-refractivity contribution is 5.83. The number of aromatic nitrogens is 2. The highest BCUT2D eigenvalue weighted by Gasteiger charge is 2.43. The van der Waals surface area contributed by atoms with Crippen molar-refractivity contribution in [3.63, 3.8) is 0 Å². The highest BCUT2D eigenvalue weighted by Crippen LogP contribution is 2.41. The average molecular weight is 237 g/mol. The summed E-state index contributed by atoms with van der Waals surface area (Å²) in [4.78, 5) is 19.2. The van der Waals surface area contributed by atoms with Gasteiger partial charge in [0.15, 0.2) is 0 Å². The number of amides is 1. The van der Waals surface area contributed by atoms with E-state index in [0.29, 0.717) is 13.2 Å². The molecule has 0 aliphatic heterocycles. The fourth-order valence-corrected chi connectivity index (χ4v) is 2.23. The van der Waals surface area contributed by atoms with Crippen LogP contribution in [0.4, 0.5) is 0 Å². The molecule has 0 saturated heterocycles. The Morgan fingerprint density at radius 1 is 1.65 bits per heavy atom. The molecule has 2 rings (SSSR count). The Morgan fingerprint density at radius 2 is 2.47 bits per heavy atom. The molecule has 0 atom stereocenters. The minimum Gasteiger partial charge on any atom is -0.384 e. The number of carbonyl (C=O) groups is 1. The molecule has 17 heavy (non-hydrogen) atoms. The first-order valence-corrected chi connectivity index (χ1v) is 6.02. The van der Waals surface area contributed by atoms with Gasteiger partial charge in [-0.25, -0.2) is 4.98 Å². The number of nitrogens with one attached hydrogen (secondary N) is 2. The second-order valence-electron chi connectivity index (χ2n) is 4.61. The predicted octanol–water partition coefficient (Wildman–Crippen LogP) is 0.885. The van der Waals surface area contributed by atoms with Gasteiger partial charge in [0.25, 0.3) is 0 Å². The number of methoxy groups -OCH3 is 1. The van der Waals surface area contributed by atoms with Crippen molar-refractivity contribution in [3.05, 3.63) is 18.2 Å². The summed E-state index contributed by atoms with van der Waals surface area (Å²) in [6.07, 6.45) is 7.24. The molecule has 1 aliphatic carbocycles. The summed E-state index contributed by atoms with van der Waals surface area (Å²) in [5, 5.41) is 2.97. The van der Waals surface area contributed by atoms with E-state index in [9.17, 15) is 4.79 Å². The molecule has 2 N–H and O–H groups in total. The maximum Gasteiger partial charge on any atom is 0.228 e. The molecule has 0 radical (unpaired) electrons. The van der Waals surface area contributed by atoms with Crippen molar-refractivity contribution < 1.29 is 9.53 Å². The van der Waals surface area contributed by atoms with Crippen LogP contribution < -0.4 is 5.32 Å². The Labute approximate surface area is 101 Å². The monoisotopic (exact) mass is 237 g/mol. The van der Waals surface area contributed by atoms with Gasteiger partial charge < -0.3 is 15.0 Å². The molecule has 0 unspecified atom stereocenters. The van der Waals surface area contributed by atoms with Gasteiger partial charge in [0.1, 0.15) is 5.82 Å². The molecule has 1 heterocycles. The van der Waals surface area contributed by atoms with Crippen molar-refractivity contribution in [2.45, 2.75) is 25.7 Å². The number of carbonyl (C=O) groups excluding carboxylic acids is 1. The van der Waals surface area contributed by atoms with E-state index in [1.807, 2.05) is 0 Å². The van der Waals surface area contributed by atoms with Crippen molar-refractivity contribution in [2.75, 3.05) is 20.3 Å². The fraction of sp³-hybridized carbons (Fsp3) is 0.667. The zero-order chi connectivity index (χ0) is 12.1. The normalized spacial score (nSPS) is 17.5. The summed E-state index contributed by atoms with van der Waals surface area (Å²) in [5.41, 5.74) is -0.266. The summed E-state index contributed by atoms with van der Waals surface area (Å²) >= 11 is 0. The molecule has 0 bridgehead atoms. The van der Waals surface area contributed by atoms with Crippen LogP contribution in [-0.2, 0) is 16.0 Å². The molecule has 1 amide bonds. The van der Waals surface area contributed by atoms with Crippen LogP contribution in [0.15, 0.2) is 12.4 Å². The van der Waals surface area contributed by atoms with Gasteiger partial charge in [-0.3, -0.25) is 4.79 Å². The standard InChI is InChI=1S/C12H19N3O2/c1-17-9-12(4-2-5-12)11(16)15-6-3-10-13-7-8-14-10/h7-8H,2-6,9H2,1H3,(H,13,14)(H,15,16). The molecule has 1 aromatic rings. The van der Waals surface area contributed by atoms with E-state index in [1.165, 1.54) is 0 Å². The summed E-state index contributed by atoms with van der Waals surface area (Å²) < 4.78 is 5.14. The van der Waals surface area contributed by atoms with Gasteiger partial charge in [-0.2, -0.15) is 0 Å². The van der Waals surface area contributed by atoms with Gasteiger partial charge in [-0.15, -0.1) is 0 Å². The van der Waals surface area contributed by atoms with Gasteiger partial charge in [0, 0.05) is 32.5 Å². The summed E-state index contributed by atoms with van der Waals surface area (Å²) in [7, 11) is 1.65. The number of ether oxygens (including phenoxy) is 1. The minimum absolute atomic E-state index is 0.122. The van der Waals surface area contributed by atoms with Gasteiger partial charge in [0.2, 0.25) is 5.91 Å². The highest BCUT2D eigenvalue weighted by atomic mass is 16.5. The Hall–Kier alpha value is -1.36. The van der Waals surface area contributed by atoms with E-state index in [4.69, 9.17) is 4.74 Å². The van der Waals surface area contributed by atoms with Gasteiger partial charge in [0.05, 0.1) is 12.0 Å². The van der Waals surface area contributed by atoms with Crippen molar-refractivity contribution >= 4 is 5.91 Å². The van der Waals surface area contributed by atoms with Crippen LogP contribution in [0.2, 0.25) is 0 Å². The third-order valence-electron chi connectivity index (χ3n) is 3.42. The van der Waals surface area contributed by atoms with E-state index in [0.717, 1.165) is 31.5 Å². The van der Waals surface area contributed by atoms with Gasteiger partial charge in [-0.1, -0.05) is 6.42 Å². The quantitative estimate of drug-likeness (QED) is 0.772. The second kappa shape index (κ2) is 5.31. The number of H-pyrrole nitrogens is 1. The van der Waals surface area contributed by atoms with Crippen molar-refractivity contribution in [2.24, 2.45) is 5.41 Å². The summed E-state index contributed by atoms with van der Waals surface area (Å²) in [6, 6.07) is 0. The second-order valence-corrected chi connectivity index (χ2v) is 4.61. The Bertz CT molecular complexity index is 358. The van der Waals surface area contributed by atoms with Crippen LogP contribution in [0.3, 0.4) is 0 Å². The van der Waals surface area contributed by atoms with Gasteiger partial charge >= 0.3 is 0 Å². The lowest BCUT2D eigenvalue weighted by Gasteiger charge is -2.39. The minimum atomic E-state index is -0.266. The number of nitrogens with zero attached hydrogens (tertiary/aromatic N) is 1. The van der Waals surface area contributed by atoms with Crippen LogP contribution in [0.25, 0.3) is 0 Å². The van der Waals surface area contributed by atoms with Crippen molar-refractivity contribution in [3.8, 4) is 0 Å². The van der Waals surface area contributed by atoms with Crippen LogP contribution in [0.1, 0.15) is 25.1 Å². The number of imidazole rings is 1. The number of aromatic amines is 1. The molecule has 0 spiro atoms. The molecule has 0 aromatic carbocycles. The zero-order valence-corrected chi connectivity index (χ0v) is 10.2. The summed E-state index contributed by atoms with van der Waals surface area (Å²) in [5.74, 6) is 1.02. The molecule has 5 nitrogen and oxygen atoms in total. The van der Waals surface area contributed by atoms with Crippen LogP contribution >= 0.6 is 0 Å². The molecule has 94 valence electrons. The molecule has 1 aromatic heterocycles. The third-order valence-corrected chi connectivity index (χ3v) is 3.42. The smallest absolute Gasteiger partial charge is 0.228 e. The molecule has 1 aliphatic rings. The van der Waals surface area contributed by atoms with E-state index in [1.54, 1.807) is 19.5 Å². The topological polar surface area (TPSA) is 67.0 Å². The van der Waals surface area contributed by atoms with E-state index < -0.39 is 0 Å². The lowest BCUT2D eigenvalue weighted by atomic mass is 9.68. The fourth-order valence-electron chi connectivity index (χ4n) is 2.23. The van der Waals surface area contributed by atoms with E-state index in [2.05, 4.69) is 15.3 Å². The average Bonchev–Trinajstić information content (AvgIpc) is 2.76. The zero-order valence-electron chi connectivity index (χ0n) is 10.2. The predicted molar refractivity (Wildman–Crippen MR) is 63.5 cm³/mol. The first-order valence-electron chi connectivity index (χ1n) is 6.02. The molecular formula is C12H19N3O2. The SMILES string of the molecule is COCC1(C(=O)NCCc2ncc[nH]2)CCC1. The Balaban J connectivity index is 1.76. The number of hydrogen-bond donors (Lipinski definition) is 2. The first-order chi connectivity index (χ1) is 8.27. The maximum absolute atomic E-state index is 12.0. The Morgan fingerprint density at radius 3 is 3.00 bits per heavy atom. The first kappa shape index (κ1) is 12.1. The Kier molecular flexibility index (Phi) is 3.78. The lowest BCUT2D eigenvalue weighted by molar-refractivity contribution is -0.140. The number of rotatable bonds is 6. The van der Waals surface area contributed by atoms with Crippen LogP contribution in [0.5, 0.6) is 0 Å². The van der Waals surface area contributed by atoms with E-state index in [-0.39, 0.29) is 11.3 Å².